The average Bonchev–Trinajstić information content (AvgIpc) is 3.48. The zero-order chi connectivity index (χ0) is 29.7. The molecule has 0 saturated carbocycles. The van der Waals surface area contributed by atoms with E-state index in [-0.39, 0.29) is 0 Å². The van der Waals surface area contributed by atoms with Crippen molar-refractivity contribution < 1.29 is 0 Å². The summed E-state index contributed by atoms with van der Waals surface area (Å²) >= 11 is 3.76. The van der Waals surface area contributed by atoms with Gasteiger partial charge < -0.3 is 4.98 Å². The van der Waals surface area contributed by atoms with Gasteiger partial charge >= 0.3 is 0 Å². The molecule has 9 rings (SSSR count). The van der Waals surface area contributed by atoms with Crippen LogP contribution in [0.25, 0.3) is 66.3 Å². The highest BCUT2D eigenvalue weighted by atomic mass is 32.2. The molecule has 0 fully saturated rings. The first-order valence-corrected chi connectivity index (χ1v) is 16.8. The van der Waals surface area contributed by atoms with Gasteiger partial charge in [0.15, 0.2) is 0 Å². The Labute approximate surface area is 271 Å². The standard InChI is InChI=1S/C42H27NS2/c1-2-13-27(14-3-1)28-18-12-26-39-41(28)34-21-10-20-32(31-19-11-23-36-40(31)33-17-4-7-22-35(33)43-36)42(34)45-38-25-9-6-16-30(38)29-15-5-8-24-37(29)44-39/h1-26,43H. The van der Waals surface area contributed by atoms with Gasteiger partial charge in [0, 0.05) is 47.0 Å². The molecule has 0 amide bonds. The zero-order valence-corrected chi connectivity index (χ0v) is 26.0. The molecule has 0 atom stereocenters. The Kier molecular flexibility index (Phi) is 6.40. The highest BCUT2D eigenvalue weighted by molar-refractivity contribution is 8.00. The number of fused-ring (bicyclic) bond motifs is 9. The molecule has 0 saturated heterocycles. The summed E-state index contributed by atoms with van der Waals surface area (Å²) in [6, 6.07) is 57.5. The monoisotopic (exact) mass is 609 g/mol. The van der Waals surface area contributed by atoms with Crippen LogP contribution in [0.4, 0.5) is 0 Å². The van der Waals surface area contributed by atoms with E-state index in [9.17, 15) is 0 Å². The van der Waals surface area contributed by atoms with Crippen LogP contribution >= 0.6 is 23.5 Å². The lowest BCUT2D eigenvalue weighted by atomic mass is 9.91. The maximum absolute atomic E-state index is 3.67. The van der Waals surface area contributed by atoms with Crippen LogP contribution < -0.4 is 0 Å². The van der Waals surface area contributed by atoms with Crippen molar-refractivity contribution in [2.45, 2.75) is 19.6 Å². The van der Waals surface area contributed by atoms with E-state index in [4.69, 9.17) is 0 Å². The molecule has 0 unspecified atom stereocenters. The molecule has 1 aliphatic rings. The number of H-pyrrole nitrogens is 1. The minimum atomic E-state index is 1.16. The molecule has 8 aromatic rings. The number of aromatic nitrogens is 1. The van der Waals surface area contributed by atoms with Gasteiger partial charge in [0.25, 0.3) is 0 Å². The second kappa shape index (κ2) is 10.9. The third kappa shape index (κ3) is 4.42. The van der Waals surface area contributed by atoms with Crippen molar-refractivity contribution in [3.05, 3.63) is 158 Å². The van der Waals surface area contributed by atoms with Crippen molar-refractivity contribution in [2.24, 2.45) is 0 Å². The minimum Gasteiger partial charge on any atom is -0.354 e. The van der Waals surface area contributed by atoms with Crippen LogP contribution in [-0.4, -0.2) is 4.98 Å². The summed E-state index contributed by atoms with van der Waals surface area (Å²) in [6.07, 6.45) is 0. The van der Waals surface area contributed by atoms with Crippen molar-refractivity contribution in [3.63, 3.8) is 0 Å². The molecule has 0 bridgehead atoms. The van der Waals surface area contributed by atoms with E-state index >= 15 is 0 Å². The molecular formula is C42H27NS2. The van der Waals surface area contributed by atoms with Crippen LogP contribution in [0.5, 0.6) is 0 Å². The van der Waals surface area contributed by atoms with Crippen molar-refractivity contribution in [3.8, 4) is 44.5 Å². The Morgan fingerprint density at radius 1 is 0.356 bits per heavy atom. The van der Waals surface area contributed by atoms with E-state index in [1.54, 1.807) is 0 Å². The highest BCUT2D eigenvalue weighted by Gasteiger charge is 2.24. The Morgan fingerprint density at radius 2 is 0.911 bits per heavy atom. The van der Waals surface area contributed by atoms with Crippen LogP contribution in [0.15, 0.2) is 177 Å². The van der Waals surface area contributed by atoms with Crippen LogP contribution in [0.1, 0.15) is 0 Å². The van der Waals surface area contributed by atoms with Gasteiger partial charge in [-0.25, -0.2) is 0 Å². The third-order valence-corrected chi connectivity index (χ3v) is 11.1. The minimum absolute atomic E-state index is 1.16. The summed E-state index contributed by atoms with van der Waals surface area (Å²) in [5, 5.41) is 2.52. The lowest BCUT2D eigenvalue weighted by Gasteiger charge is -2.24. The van der Waals surface area contributed by atoms with Crippen molar-refractivity contribution >= 4 is 45.3 Å². The number of para-hydroxylation sites is 1. The number of hydrogen-bond donors (Lipinski definition) is 1. The summed E-state index contributed by atoms with van der Waals surface area (Å²) in [5.41, 5.74) is 12.3. The van der Waals surface area contributed by atoms with E-state index in [1.807, 2.05) is 23.5 Å². The molecule has 1 nitrogen and oxygen atoms in total. The van der Waals surface area contributed by atoms with E-state index < -0.39 is 0 Å². The van der Waals surface area contributed by atoms with Gasteiger partial charge in [0.1, 0.15) is 0 Å². The Bertz CT molecular complexity index is 2390. The van der Waals surface area contributed by atoms with Gasteiger partial charge in [-0.3, -0.25) is 0 Å². The Balaban J connectivity index is 1.41. The van der Waals surface area contributed by atoms with Crippen molar-refractivity contribution in [1.29, 1.82) is 0 Å². The lowest BCUT2D eigenvalue weighted by Crippen LogP contribution is -1.96. The highest BCUT2D eigenvalue weighted by Crippen LogP contribution is 2.53. The summed E-state index contributed by atoms with van der Waals surface area (Å²) < 4.78 is 0. The normalized spacial score (nSPS) is 12.3. The fourth-order valence-corrected chi connectivity index (χ4v) is 9.08. The SMILES string of the molecule is c1ccc(-c2cccc3c2-c2cccc(-c4cccc5[nH]c6ccccc6c45)c2Sc2ccccc2-c2ccccc2S3)cc1. The molecular weight excluding hydrogens is 583 g/mol. The zero-order valence-electron chi connectivity index (χ0n) is 24.3. The first kappa shape index (κ1) is 26.4. The average molecular weight is 610 g/mol. The van der Waals surface area contributed by atoms with Gasteiger partial charge in [-0.2, -0.15) is 0 Å². The van der Waals surface area contributed by atoms with E-state index in [1.165, 1.54) is 74.9 Å². The molecule has 2 heterocycles. The van der Waals surface area contributed by atoms with Crippen LogP contribution in [-0.2, 0) is 0 Å². The van der Waals surface area contributed by atoms with Gasteiger partial charge in [-0.15, -0.1) is 0 Å². The predicted molar refractivity (Wildman–Crippen MR) is 192 cm³/mol. The Morgan fingerprint density at radius 3 is 1.76 bits per heavy atom. The molecule has 7 aromatic carbocycles. The van der Waals surface area contributed by atoms with Gasteiger partial charge in [0.2, 0.25) is 0 Å². The third-order valence-electron chi connectivity index (χ3n) is 8.71. The molecule has 0 radical (unpaired) electrons. The molecule has 45 heavy (non-hydrogen) atoms. The maximum atomic E-state index is 3.67. The number of aromatic amines is 1. The second-order valence-electron chi connectivity index (χ2n) is 11.3. The fourth-order valence-electron chi connectivity index (χ4n) is 6.72. The quantitative estimate of drug-likeness (QED) is 0.210. The smallest absolute Gasteiger partial charge is 0.0471 e. The molecule has 0 spiro atoms. The summed E-state index contributed by atoms with van der Waals surface area (Å²) in [4.78, 5) is 8.72. The molecule has 1 aromatic heterocycles. The largest absolute Gasteiger partial charge is 0.354 e. The molecule has 212 valence electrons. The van der Waals surface area contributed by atoms with Crippen LogP contribution in [0.3, 0.4) is 0 Å². The topological polar surface area (TPSA) is 15.8 Å². The van der Waals surface area contributed by atoms with Crippen molar-refractivity contribution in [1.82, 2.24) is 4.98 Å². The summed E-state index contributed by atoms with van der Waals surface area (Å²) in [7, 11) is 0. The number of hydrogen-bond acceptors (Lipinski definition) is 2. The van der Waals surface area contributed by atoms with E-state index in [0.29, 0.717) is 0 Å². The fraction of sp³-hybridized carbons (Fsp3) is 0. The molecule has 1 aliphatic heterocycles. The van der Waals surface area contributed by atoms with Gasteiger partial charge in [0.05, 0.1) is 0 Å². The Hall–Kier alpha value is -4.96. The van der Waals surface area contributed by atoms with Gasteiger partial charge in [-0.05, 0) is 69.3 Å². The van der Waals surface area contributed by atoms with E-state index in [2.05, 4.69) is 163 Å². The number of benzene rings is 7. The summed E-state index contributed by atoms with van der Waals surface area (Å²) in [6.45, 7) is 0. The van der Waals surface area contributed by atoms with Crippen LogP contribution in [0.2, 0.25) is 0 Å². The first-order chi connectivity index (χ1) is 22.3. The second-order valence-corrected chi connectivity index (χ2v) is 13.5. The lowest BCUT2D eigenvalue weighted by molar-refractivity contribution is 1.32. The molecule has 0 aliphatic carbocycles. The number of nitrogens with one attached hydrogen (secondary N) is 1. The first-order valence-electron chi connectivity index (χ1n) is 15.2. The number of rotatable bonds is 2. The molecule has 3 heteroatoms. The van der Waals surface area contributed by atoms with E-state index in [0.717, 1.165) is 11.0 Å². The maximum Gasteiger partial charge on any atom is 0.0471 e. The van der Waals surface area contributed by atoms with Crippen LogP contribution in [0, 0.1) is 0 Å². The van der Waals surface area contributed by atoms with Crippen molar-refractivity contribution in [2.75, 3.05) is 0 Å². The molecule has 1 N–H and O–H groups in total. The van der Waals surface area contributed by atoms with Gasteiger partial charge in [-0.1, -0.05) is 151 Å². The predicted octanol–water partition coefficient (Wildman–Crippen LogP) is 12.6. The summed E-state index contributed by atoms with van der Waals surface area (Å²) in [5.74, 6) is 0.